The molecule has 0 saturated carbocycles. The number of thioether (sulfide) groups is 1. The first-order chi connectivity index (χ1) is 12.5. The number of methoxy groups -OCH3 is 1. The van der Waals surface area contributed by atoms with Gasteiger partial charge in [0.15, 0.2) is 0 Å². The highest BCUT2D eigenvalue weighted by atomic mass is 35.5. The molecule has 0 spiro atoms. The van der Waals surface area contributed by atoms with E-state index in [4.69, 9.17) is 16.3 Å². The molecule has 1 aromatic heterocycles. The molecule has 1 atom stereocenters. The van der Waals surface area contributed by atoms with Gasteiger partial charge in [0.2, 0.25) is 5.91 Å². The van der Waals surface area contributed by atoms with Gasteiger partial charge >= 0.3 is 5.97 Å². The van der Waals surface area contributed by atoms with E-state index in [0.717, 1.165) is 36.1 Å². The Hall–Kier alpha value is -1.50. The Bertz CT molecular complexity index is 817. The SMILES string of the molecule is COC(=O)c1c(NC(=O)[C@H](C)Sc2ccc(Cl)cc2)sc2c1CCCC2. The molecule has 4 nitrogen and oxygen atoms in total. The topological polar surface area (TPSA) is 55.4 Å². The number of thiophene rings is 1. The van der Waals surface area contributed by atoms with Crippen LogP contribution >= 0.6 is 34.7 Å². The Labute approximate surface area is 166 Å². The van der Waals surface area contributed by atoms with Crippen molar-refractivity contribution in [2.75, 3.05) is 12.4 Å². The molecule has 1 aliphatic carbocycles. The molecule has 7 heteroatoms. The highest BCUT2D eigenvalue weighted by Crippen LogP contribution is 2.39. The van der Waals surface area contributed by atoms with Crippen molar-refractivity contribution in [2.24, 2.45) is 0 Å². The molecule has 3 rings (SSSR count). The van der Waals surface area contributed by atoms with Crippen molar-refractivity contribution >= 4 is 51.6 Å². The smallest absolute Gasteiger partial charge is 0.341 e. The minimum absolute atomic E-state index is 0.131. The van der Waals surface area contributed by atoms with Gasteiger partial charge in [0.05, 0.1) is 17.9 Å². The standard InChI is InChI=1S/C19H20ClNO3S2/c1-11(25-13-9-7-12(20)8-10-13)17(22)21-18-16(19(23)24-2)14-5-3-4-6-15(14)26-18/h7-11H,3-6H2,1-2H3,(H,21,22)/t11-/m0/s1. The van der Waals surface area contributed by atoms with Crippen LogP contribution in [-0.2, 0) is 22.4 Å². The third-order valence-electron chi connectivity index (χ3n) is 4.29. The zero-order valence-corrected chi connectivity index (χ0v) is 17.0. The first-order valence-electron chi connectivity index (χ1n) is 8.45. The molecule has 1 N–H and O–H groups in total. The highest BCUT2D eigenvalue weighted by Gasteiger charge is 2.27. The van der Waals surface area contributed by atoms with Crippen LogP contribution < -0.4 is 5.32 Å². The second kappa shape index (κ2) is 8.46. The van der Waals surface area contributed by atoms with Gasteiger partial charge in [-0.15, -0.1) is 23.1 Å². The molecule has 0 unspecified atom stereocenters. The molecular weight excluding hydrogens is 390 g/mol. The minimum Gasteiger partial charge on any atom is -0.465 e. The average Bonchev–Trinajstić information content (AvgIpc) is 3.00. The largest absolute Gasteiger partial charge is 0.465 e. The molecule has 1 heterocycles. The number of halogens is 1. The van der Waals surface area contributed by atoms with Gasteiger partial charge in [-0.1, -0.05) is 11.6 Å². The van der Waals surface area contributed by atoms with E-state index in [1.165, 1.54) is 35.1 Å². The van der Waals surface area contributed by atoms with Crippen LogP contribution in [0.15, 0.2) is 29.2 Å². The lowest BCUT2D eigenvalue weighted by Gasteiger charge is -2.13. The number of ether oxygens (including phenoxy) is 1. The van der Waals surface area contributed by atoms with Crippen LogP contribution in [-0.4, -0.2) is 24.2 Å². The lowest BCUT2D eigenvalue weighted by Crippen LogP contribution is -2.23. The molecule has 0 bridgehead atoms. The molecule has 1 aromatic carbocycles. The number of hydrogen-bond donors (Lipinski definition) is 1. The van der Waals surface area contributed by atoms with E-state index in [2.05, 4.69) is 5.32 Å². The summed E-state index contributed by atoms with van der Waals surface area (Å²) in [6, 6.07) is 7.38. The van der Waals surface area contributed by atoms with E-state index in [9.17, 15) is 9.59 Å². The molecule has 138 valence electrons. The number of fused-ring (bicyclic) bond motifs is 1. The van der Waals surface area contributed by atoms with E-state index in [-0.39, 0.29) is 17.1 Å². The van der Waals surface area contributed by atoms with E-state index in [0.29, 0.717) is 15.6 Å². The van der Waals surface area contributed by atoms with E-state index < -0.39 is 0 Å². The number of aryl methyl sites for hydroxylation is 1. The zero-order valence-electron chi connectivity index (χ0n) is 14.6. The molecule has 1 amide bonds. The van der Waals surface area contributed by atoms with Crippen LogP contribution in [0.4, 0.5) is 5.00 Å². The molecule has 0 fully saturated rings. The Morgan fingerprint density at radius 1 is 1.23 bits per heavy atom. The summed E-state index contributed by atoms with van der Waals surface area (Å²) in [7, 11) is 1.37. The van der Waals surface area contributed by atoms with Crippen molar-refractivity contribution in [1.82, 2.24) is 0 Å². The lowest BCUT2D eigenvalue weighted by molar-refractivity contribution is -0.115. The first kappa shape index (κ1) is 19.3. The first-order valence-corrected chi connectivity index (χ1v) is 10.5. The van der Waals surface area contributed by atoms with Crippen LogP contribution in [0.3, 0.4) is 0 Å². The second-order valence-electron chi connectivity index (χ2n) is 6.11. The third-order valence-corrected chi connectivity index (χ3v) is 6.86. The van der Waals surface area contributed by atoms with E-state index in [1.807, 2.05) is 19.1 Å². The number of benzene rings is 1. The van der Waals surface area contributed by atoms with Gasteiger partial charge in [-0.3, -0.25) is 4.79 Å². The molecule has 0 saturated heterocycles. The maximum Gasteiger partial charge on any atom is 0.341 e. The predicted octanol–water partition coefficient (Wildman–Crippen LogP) is 5.19. The quantitative estimate of drug-likeness (QED) is 0.545. The van der Waals surface area contributed by atoms with Crippen LogP contribution in [0.25, 0.3) is 0 Å². The Morgan fingerprint density at radius 2 is 1.92 bits per heavy atom. The van der Waals surface area contributed by atoms with Crippen LogP contribution in [0, 0.1) is 0 Å². The summed E-state index contributed by atoms with van der Waals surface area (Å²) in [5, 5.41) is 3.92. The molecule has 1 aliphatic rings. The van der Waals surface area contributed by atoms with Gasteiger partial charge < -0.3 is 10.1 Å². The third kappa shape index (κ3) is 4.24. The molecule has 26 heavy (non-hydrogen) atoms. The number of anilines is 1. The summed E-state index contributed by atoms with van der Waals surface area (Å²) < 4.78 is 4.95. The van der Waals surface area contributed by atoms with Gasteiger partial charge in [-0.05, 0) is 62.4 Å². The molecule has 2 aromatic rings. The normalized spacial score (nSPS) is 14.4. The fourth-order valence-electron chi connectivity index (χ4n) is 2.96. The van der Waals surface area contributed by atoms with Gasteiger partial charge in [0, 0.05) is 14.8 Å². The van der Waals surface area contributed by atoms with Gasteiger partial charge in [-0.25, -0.2) is 4.79 Å². The molecular formula is C19H20ClNO3S2. The maximum absolute atomic E-state index is 12.7. The highest BCUT2D eigenvalue weighted by molar-refractivity contribution is 8.00. The number of amides is 1. The summed E-state index contributed by atoms with van der Waals surface area (Å²) >= 11 is 8.85. The monoisotopic (exact) mass is 409 g/mol. The molecule has 0 radical (unpaired) electrons. The van der Waals surface area contributed by atoms with E-state index >= 15 is 0 Å². The van der Waals surface area contributed by atoms with Gasteiger partial charge in [0.1, 0.15) is 5.00 Å². The van der Waals surface area contributed by atoms with Crippen molar-refractivity contribution in [3.63, 3.8) is 0 Å². The van der Waals surface area contributed by atoms with Crippen LogP contribution in [0.2, 0.25) is 5.02 Å². The Morgan fingerprint density at radius 3 is 2.62 bits per heavy atom. The number of hydrogen-bond acceptors (Lipinski definition) is 5. The number of rotatable bonds is 5. The van der Waals surface area contributed by atoms with Gasteiger partial charge in [0.25, 0.3) is 0 Å². The maximum atomic E-state index is 12.7. The summed E-state index contributed by atoms with van der Waals surface area (Å²) in [5.74, 6) is -0.508. The summed E-state index contributed by atoms with van der Waals surface area (Å²) in [4.78, 5) is 27.1. The number of carbonyl (C=O) groups is 2. The zero-order chi connectivity index (χ0) is 18.7. The second-order valence-corrected chi connectivity index (χ2v) is 9.07. The summed E-state index contributed by atoms with van der Waals surface area (Å²) in [6.07, 6.45) is 3.99. The van der Waals surface area contributed by atoms with Crippen molar-refractivity contribution in [3.8, 4) is 0 Å². The minimum atomic E-state index is -0.377. The van der Waals surface area contributed by atoms with Crippen molar-refractivity contribution in [2.45, 2.75) is 42.8 Å². The van der Waals surface area contributed by atoms with Gasteiger partial charge in [-0.2, -0.15) is 0 Å². The number of nitrogens with one attached hydrogen (secondary N) is 1. The van der Waals surface area contributed by atoms with Crippen molar-refractivity contribution < 1.29 is 14.3 Å². The van der Waals surface area contributed by atoms with E-state index in [1.54, 1.807) is 12.1 Å². The fourth-order valence-corrected chi connectivity index (χ4v) is 5.23. The summed E-state index contributed by atoms with van der Waals surface area (Å²) in [6.45, 7) is 1.85. The lowest BCUT2D eigenvalue weighted by atomic mass is 9.95. The molecule has 0 aliphatic heterocycles. The number of esters is 1. The van der Waals surface area contributed by atoms with Crippen LogP contribution in [0.1, 0.15) is 40.6 Å². The summed E-state index contributed by atoms with van der Waals surface area (Å²) in [5.41, 5.74) is 1.57. The van der Waals surface area contributed by atoms with Crippen molar-refractivity contribution in [1.29, 1.82) is 0 Å². The fraction of sp³-hybridized carbons (Fsp3) is 0.368. The Balaban J connectivity index is 1.77. The predicted molar refractivity (Wildman–Crippen MR) is 108 cm³/mol. The number of carbonyl (C=O) groups excluding carboxylic acids is 2. The van der Waals surface area contributed by atoms with Crippen molar-refractivity contribution in [3.05, 3.63) is 45.3 Å². The Kier molecular flexibility index (Phi) is 6.27. The van der Waals surface area contributed by atoms with Crippen LogP contribution in [0.5, 0.6) is 0 Å². The average molecular weight is 410 g/mol.